The first-order valence-corrected chi connectivity index (χ1v) is 17.9. The summed E-state index contributed by atoms with van der Waals surface area (Å²) < 4.78 is 58.8. The lowest BCUT2D eigenvalue weighted by atomic mass is 9.99. The molecule has 1 saturated carbocycles. The molecule has 1 unspecified atom stereocenters. The van der Waals surface area contributed by atoms with E-state index in [1.54, 1.807) is 24.3 Å². The molecule has 2 bridgehead atoms. The summed E-state index contributed by atoms with van der Waals surface area (Å²) in [6.45, 7) is -0.334. The third-order valence-electron chi connectivity index (χ3n) is 8.73. The molecule has 16 heteroatoms. The van der Waals surface area contributed by atoms with Gasteiger partial charge < -0.3 is 19.1 Å². The standard InChI is InChI=1S/C30H27Cl2FN4O7S2/c31-20-2-1-3-21(32)24(20)27-25(28(44-35-27)15-4-5-15)29(39)43-19-10-16-6-7-17(11-19)37(16)30-34-26-22(33)12-18(13-23(26)45-30)36(14-38)8-9-46(40,41)42/h1-3,12-17,19H,4-11H2,(H,40,41,42)/t16-,17+,19?. The molecule has 46 heavy (non-hydrogen) atoms. The number of nitrogens with zero attached hydrogens (tertiary/aromatic N) is 4. The van der Waals surface area contributed by atoms with Crippen LogP contribution in [0.1, 0.15) is 60.6 Å². The largest absolute Gasteiger partial charge is 0.458 e. The summed E-state index contributed by atoms with van der Waals surface area (Å²) >= 11 is 14.2. The number of esters is 1. The summed E-state index contributed by atoms with van der Waals surface area (Å²) in [5, 5.41) is 5.51. The maximum atomic E-state index is 15.2. The van der Waals surface area contributed by atoms with Crippen molar-refractivity contribution in [1.82, 2.24) is 10.1 Å². The molecule has 3 atom stereocenters. The number of fused-ring (bicyclic) bond motifs is 3. The van der Waals surface area contributed by atoms with Crippen LogP contribution in [0.15, 0.2) is 34.9 Å². The van der Waals surface area contributed by atoms with Gasteiger partial charge in [-0.3, -0.25) is 9.35 Å². The summed E-state index contributed by atoms with van der Waals surface area (Å²) in [6.07, 6.45) is 4.57. The van der Waals surface area contributed by atoms with E-state index in [1.165, 1.54) is 11.3 Å². The molecule has 1 N–H and O–H groups in total. The molecule has 0 spiro atoms. The zero-order valence-corrected chi connectivity index (χ0v) is 27.2. The Morgan fingerprint density at radius 1 is 1.17 bits per heavy atom. The summed E-state index contributed by atoms with van der Waals surface area (Å²) in [7, 11) is -4.31. The number of hydrogen-bond acceptors (Lipinski definition) is 10. The number of carbonyl (C=O) groups is 2. The van der Waals surface area contributed by atoms with Gasteiger partial charge >= 0.3 is 5.97 Å². The van der Waals surface area contributed by atoms with E-state index in [0.717, 1.165) is 36.6 Å². The molecule has 2 aliphatic heterocycles. The van der Waals surface area contributed by atoms with Gasteiger partial charge in [0.15, 0.2) is 16.7 Å². The summed E-state index contributed by atoms with van der Waals surface area (Å²) in [6, 6.07) is 7.77. The Balaban J connectivity index is 1.10. The number of rotatable bonds is 10. The number of piperidine rings is 1. The Morgan fingerprint density at radius 3 is 2.50 bits per heavy atom. The second-order valence-corrected chi connectivity index (χ2v) is 15.2. The third-order valence-corrected chi connectivity index (χ3v) is 11.1. The Kier molecular flexibility index (Phi) is 8.20. The van der Waals surface area contributed by atoms with E-state index in [2.05, 4.69) is 15.0 Å². The number of aromatic nitrogens is 2. The molecule has 4 heterocycles. The molecule has 3 fully saturated rings. The lowest BCUT2D eigenvalue weighted by molar-refractivity contribution is -0.107. The highest BCUT2D eigenvalue weighted by Gasteiger charge is 2.45. The minimum absolute atomic E-state index is 0.00346. The number of benzene rings is 2. The van der Waals surface area contributed by atoms with Crippen LogP contribution in [0.4, 0.5) is 15.2 Å². The van der Waals surface area contributed by atoms with Gasteiger partial charge in [-0.2, -0.15) is 8.42 Å². The highest BCUT2D eigenvalue weighted by Crippen LogP contribution is 2.47. The van der Waals surface area contributed by atoms with E-state index in [4.69, 9.17) is 37.0 Å². The monoisotopic (exact) mass is 708 g/mol. The fourth-order valence-corrected chi connectivity index (χ4v) is 8.62. The van der Waals surface area contributed by atoms with Crippen LogP contribution >= 0.6 is 34.5 Å². The lowest BCUT2D eigenvalue weighted by Crippen LogP contribution is -2.46. The second-order valence-electron chi connectivity index (χ2n) is 11.8. The number of anilines is 2. The Labute approximate surface area is 277 Å². The molecule has 2 saturated heterocycles. The summed E-state index contributed by atoms with van der Waals surface area (Å²) in [5.41, 5.74) is 1.24. The number of carbonyl (C=O) groups excluding carboxylic acids is 2. The summed E-state index contributed by atoms with van der Waals surface area (Å²) in [5.74, 6) is -1.30. The molecule has 1 aliphatic carbocycles. The molecular weight excluding hydrogens is 682 g/mol. The second kappa shape index (κ2) is 12.1. The minimum atomic E-state index is -4.31. The van der Waals surface area contributed by atoms with E-state index >= 15 is 4.39 Å². The molecule has 0 radical (unpaired) electrons. The number of thiazole rings is 1. The van der Waals surface area contributed by atoms with Gasteiger partial charge in [-0.25, -0.2) is 14.2 Å². The fraction of sp³-hybridized carbons (Fsp3) is 0.400. The number of halogens is 3. The van der Waals surface area contributed by atoms with Gasteiger partial charge in [0, 0.05) is 48.6 Å². The topological polar surface area (TPSA) is 143 Å². The van der Waals surface area contributed by atoms with Crippen molar-refractivity contribution in [2.75, 3.05) is 22.1 Å². The molecule has 1 amide bonds. The quantitative estimate of drug-likeness (QED) is 0.110. The van der Waals surface area contributed by atoms with E-state index in [9.17, 15) is 18.0 Å². The molecule has 4 aromatic rings. The van der Waals surface area contributed by atoms with Crippen LogP contribution in [0.25, 0.3) is 21.5 Å². The molecule has 3 aliphatic rings. The zero-order valence-electron chi connectivity index (χ0n) is 24.1. The van der Waals surface area contributed by atoms with E-state index < -0.39 is 27.7 Å². The van der Waals surface area contributed by atoms with Crippen LogP contribution in [0.3, 0.4) is 0 Å². The number of hydrogen-bond donors (Lipinski definition) is 1. The van der Waals surface area contributed by atoms with Crippen LogP contribution in [0.5, 0.6) is 0 Å². The van der Waals surface area contributed by atoms with Crippen molar-refractivity contribution >= 4 is 78.1 Å². The maximum absolute atomic E-state index is 15.2. The van der Waals surface area contributed by atoms with Crippen molar-refractivity contribution in [2.24, 2.45) is 0 Å². The van der Waals surface area contributed by atoms with E-state index in [0.29, 0.717) is 50.5 Å². The molecular formula is C30H27Cl2FN4O7S2. The van der Waals surface area contributed by atoms with Crippen molar-refractivity contribution in [2.45, 2.75) is 62.6 Å². The predicted molar refractivity (Wildman–Crippen MR) is 171 cm³/mol. The first-order valence-electron chi connectivity index (χ1n) is 14.7. The van der Waals surface area contributed by atoms with Gasteiger partial charge in [-0.1, -0.05) is 45.8 Å². The van der Waals surface area contributed by atoms with Gasteiger partial charge in [0.1, 0.15) is 22.9 Å². The van der Waals surface area contributed by atoms with Gasteiger partial charge in [-0.05, 0) is 49.9 Å². The molecule has 7 rings (SSSR count). The van der Waals surface area contributed by atoms with Crippen molar-refractivity contribution in [3.05, 3.63) is 57.5 Å². The zero-order chi connectivity index (χ0) is 32.3. The van der Waals surface area contributed by atoms with Crippen LogP contribution in [-0.2, 0) is 19.6 Å². The predicted octanol–water partition coefficient (Wildman–Crippen LogP) is 6.48. The van der Waals surface area contributed by atoms with Gasteiger partial charge in [0.2, 0.25) is 6.41 Å². The molecule has 242 valence electrons. The first-order chi connectivity index (χ1) is 22.0. The van der Waals surface area contributed by atoms with Gasteiger partial charge in [0.05, 0.1) is 20.5 Å². The van der Waals surface area contributed by atoms with Crippen molar-refractivity contribution in [3.8, 4) is 11.3 Å². The maximum Gasteiger partial charge on any atom is 0.344 e. The SMILES string of the molecule is O=CN(CCS(=O)(=O)O)c1cc(F)c2nc(N3[C@@H]4CC[C@H]3CC(OC(=O)c3c(-c5c(Cl)cccc5Cl)noc3C3CC3)C4)sc2c1. The molecule has 11 nitrogen and oxygen atoms in total. The highest BCUT2D eigenvalue weighted by atomic mass is 35.5. The number of ether oxygens (including phenoxy) is 1. The Bertz CT molecular complexity index is 1930. The first kappa shape index (κ1) is 31.3. The highest BCUT2D eigenvalue weighted by molar-refractivity contribution is 7.85. The normalized spacial score (nSPS) is 21.1. The Morgan fingerprint density at radius 2 is 1.87 bits per heavy atom. The van der Waals surface area contributed by atoms with E-state index in [1.807, 2.05) is 0 Å². The molecule has 2 aromatic carbocycles. The van der Waals surface area contributed by atoms with Crippen molar-refractivity contribution in [1.29, 1.82) is 0 Å². The lowest BCUT2D eigenvalue weighted by Gasteiger charge is -2.38. The smallest absolute Gasteiger partial charge is 0.344 e. The van der Waals surface area contributed by atoms with Gasteiger partial charge in [0.25, 0.3) is 10.1 Å². The van der Waals surface area contributed by atoms with Crippen molar-refractivity contribution < 1.29 is 36.2 Å². The third kappa shape index (κ3) is 5.97. The van der Waals surface area contributed by atoms with Crippen LogP contribution < -0.4 is 9.80 Å². The fourth-order valence-electron chi connectivity index (χ4n) is 6.46. The van der Waals surface area contributed by atoms with Crippen molar-refractivity contribution in [3.63, 3.8) is 0 Å². The molecule has 2 aromatic heterocycles. The number of amides is 1. The van der Waals surface area contributed by atoms with Crippen LogP contribution in [-0.4, -0.2) is 66.0 Å². The minimum Gasteiger partial charge on any atom is -0.458 e. The average molecular weight is 710 g/mol. The average Bonchev–Trinajstić information content (AvgIpc) is 3.49. The van der Waals surface area contributed by atoms with Crippen LogP contribution in [0, 0.1) is 5.82 Å². The summed E-state index contributed by atoms with van der Waals surface area (Å²) in [4.78, 5) is 33.1. The van der Waals surface area contributed by atoms with E-state index in [-0.39, 0.29) is 53.1 Å². The Hall–Kier alpha value is -3.30. The van der Waals surface area contributed by atoms with Crippen LogP contribution in [0.2, 0.25) is 10.0 Å². The van der Waals surface area contributed by atoms with Gasteiger partial charge in [-0.15, -0.1) is 0 Å².